The Balaban J connectivity index is 0.000000429. The maximum Gasteiger partial charge on any atom is 0.490 e. The number of nitrogens with one attached hydrogen (secondary N) is 1. The van der Waals surface area contributed by atoms with Gasteiger partial charge in [-0.05, 0) is 48.2 Å². The summed E-state index contributed by atoms with van der Waals surface area (Å²) < 4.78 is 43.5. The minimum Gasteiger partial charge on any atom is -0.490 e. The van der Waals surface area contributed by atoms with E-state index in [9.17, 15) is 13.2 Å². The van der Waals surface area contributed by atoms with Crippen molar-refractivity contribution in [3.8, 4) is 16.9 Å². The molecule has 6 nitrogen and oxygen atoms in total. The maximum atomic E-state index is 10.6. The van der Waals surface area contributed by atoms with Crippen LogP contribution in [0.3, 0.4) is 0 Å². The number of carbonyl (C=O) groups is 1. The Morgan fingerprint density at radius 2 is 1.74 bits per heavy atom. The quantitative estimate of drug-likeness (QED) is 0.418. The Morgan fingerprint density at radius 1 is 1.03 bits per heavy atom. The first-order valence-electron chi connectivity index (χ1n) is 11.1. The molecule has 3 aromatic rings. The smallest absolute Gasteiger partial charge is 0.490 e. The number of aromatic nitrogens is 1. The molecule has 1 aliphatic rings. The monoisotopic (exact) mass is 488 g/mol. The van der Waals surface area contributed by atoms with Gasteiger partial charge >= 0.3 is 12.1 Å². The van der Waals surface area contributed by atoms with Gasteiger partial charge in [0.1, 0.15) is 12.4 Å². The van der Waals surface area contributed by atoms with E-state index >= 15 is 0 Å². The number of alkyl halides is 3. The van der Waals surface area contributed by atoms with Crippen LogP contribution in [-0.4, -0.2) is 48.0 Å². The topological polar surface area (TPSA) is 80.7 Å². The average Bonchev–Trinajstić information content (AvgIpc) is 2.82. The molecule has 2 aromatic carbocycles. The molecule has 0 spiro atoms. The summed E-state index contributed by atoms with van der Waals surface area (Å²) in [5.74, 6) is -1.94. The second kappa shape index (κ2) is 12.9. The van der Waals surface area contributed by atoms with E-state index in [2.05, 4.69) is 64.9 Å². The third kappa shape index (κ3) is 9.03. The number of nitrogens with zero attached hydrogens (tertiary/aromatic N) is 1. The van der Waals surface area contributed by atoms with Crippen molar-refractivity contribution in [3.05, 3.63) is 84.2 Å². The number of halogens is 3. The van der Waals surface area contributed by atoms with Crippen LogP contribution in [0, 0.1) is 0 Å². The van der Waals surface area contributed by atoms with Gasteiger partial charge in [0.05, 0.1) is 19.4 Å². The van der Waals surface area contributed by atoms with Crippen LogP contribution in [0.4, 0.5) is 13.2 Å². The van der Waals surface area contributed by atoms with Gasteiger partial charge in [0.2, 0.25) is 0 Å². The van der Waals surface area contributed by atoms with Gasteiger partial charge in [-0.2, -0.15) is 13.2 Å². The molecule has 1 aromatic heterocycles. The van der Waals surface area contributed by atoms with E-state index in [0.717, 1.165) is 35.4 Å². The molecule has 0 radical (unpaired) electrons. The lowest BCUT2D eigenvalue weighted by atomic mass is 10.0. The van der Waals surface area contributed by atoms with Crippen molar-refractivity contribution in [3.63, 3.8) is 0 Å². The molecule has 9 heteroatoms. The Kier molecular flexibility index (Phi) is 9.63. The van der Waals surface area contributed by atoms with Crippen LogP contribution in [-0.2, 0) is 22.6 Å². The van der Waals surface area contributed by atoms with Gasteiger partial charge in [-0.15, -0.1) is 0 Å². The second-order valence-electron chi connectivity index (χ2n) is 7.95. The number of hydrogen-bond donors (Lipinski definition) is 2. The van der Waals surface area contributed by atoms with Gasteiger partial charge in [-0.25, -0.2) is 4.79 Å². The van der Waals surface area contributed by atoms with Gasteiger partial charge in [-0.3, -0.25) is 4.98 Å². The van der Waals surface area contributed by atoms with E-state index in [4.69, 9.17) is 19.4 Å². The normalized spacial score (nSPS) is 14.9. The van der Waals surface area contributed by atoms with Crippen molar-refractivity contribution in [1.29, 1.82) is 0 Å². The molecular formula is C26H27F3N2O4. The summed E-state index contributed by atoms with van der Waals surface area (Å²) in [7, 11) is 0. The van der Waals surface area contributed by atoms with Crippen LogP contribution < -0.4 is 10.1 Å². The fraction of sp³-hybridized carbons (Fsp3) is 0.308. The van der Waals surface area contributed by atoms with Crippen LogP contribution in [0.2, 0.25) is 0 Å². The first-order valence-corrected chi connectivity index (χ1v) is 11.1. The molecule has 0 amide bonds. The Hall–Kier alpha value is -3.43. The average molecular weight is 489 g/mol. The van der Waals surface area contributed by atoms with Crippen LogP contribution >= 0.6 is 0 Å². The summed E-state index contributed by atoms with van der Waals surface area (Å²) in [6.07, 6.45) is 0.682. The fourth-order valence-corrected chi connectivity index (χ4v) is 3.21. The molecule has 0 unspecified atom stereocenters. The standard InChI is InChI=1S/C24H26N2O2.C2HF3O2/c1-2-5-19(6-3-1)10-12-27-17-20-7-4-8-21(13-20)22-14-24(16-25-15-22)28-18-23-9-11-26-23;3-2(4,5)1(6)7/h1-8,13-16,23,26H,9-12,17-18H2;(H,6,7)/t23-;/m0./s1. The van der Waals surface area contributed by atoms with E-state index in [0.29, 0.717) is 25.9 Å². The highest BCUT2D eigenvalue weighted by Gasteiger charge is 2.38. The number of hydrogen-bond acceptors (Lipinski definition) is 5. The molecule has 2 N–H and O–H groups in total. The van der Waals surface area contributed by atoms with E-state index in [1.807, 2.05) is 12.3 Å². The van der Waals surface area contributed by atoms with Crippen molar-refractivity contribution < 1.29 is 32.5 Å². The molecule has 4 rings (SSSR count). The van der Waals surface area contributed by atoms with Crippen molar-refractivity contribution in [2.75, 3.05) is 19.8 Å². The summed E-state index contributed by atoms with van der Waals surface area (Å²) in [6, 6.07) is 21.4. The number of carboxylic acid groups (broad SMARTS) is 1. The molecule has 1 atom stereocenters. The molecule has 35 heavy (non-hydrogen) atoms. The summed E-state index contributed by atoms with van der Waals surface area (Å²) in [5.41, 5.74) is 4.65. The van der Waals surface area contributed by atoms with Gasteiger partial charge in [-0.1, -0.05) is 48.5 Å². The first kappa shape index (κ1) is 26.2. The van der Waals surface area contributed by atoms with E-state index in [-0.39, 0.29) is 0 Å². The predicted octanol–water partition coefficient (Wildman–Crippen LogP) is 4.88. The van der Waals surface area contributed by atoms with Crippen molar-refractivity contribution in [2.24, 2.45) is 0 Å². The lowest BCUT2D eigenvalue weighted by molar-refractivity contribution is -0.192. The zero-order chi connectivity index (χ0) is 25.1. The highest BCUT2D eigenvalue weighted by atomic mass is 19.4. The second-order valence-corrected chi connectivity index (χ2v) is 7.95. The Labute approximate surface area is 201 Å². The van der Waals surface area contributed by atoms with Gasteiger partial charge in [0.15, 0.2) is 0 Å². The van der Waals surface area contributed by atoms with Crippen LogP contribution in [0.15, 0.2) is 73.1 Å². The van der Waals surface area contributed by atoms with Crippen LogP contribution in [0.25, 0.3) is 11.1 Å². The highest BCUT2D eigenvalue weighted by Crippen LogP contribution is 2.24. The molecule has 1 saturated heterocycles. The zero-order valence-corrected chi connectivity index (χ0v) is 19.0. The summed E-state index contributed by atoms with van der Waals surface area (Å²) in [6.45, 7) is 3.11. The number of pyridine rings is 1. The number of aliphatic carboxylic acids is 1. The third-order valence-corrected chi connectivity index (χ3v) is 5.24. The fourth-order valence-electron chi connectivity index (χ4n) is 3.21. The molecule has 186 valence electrons. The molecule has 1 fully saturated rings. The van der Waals surface area contributed by atoms with Crippen molar-refractivity contribution in [1.82, 2.24) is 10.3 Å². The minimum absolute atomic E-state index is 0.472. The number of ether oxygens (including phenoxy) is 2. The lowest BCUT2D eigenvalue weighted by Crippen LogP contribution is -2.46. The summed E-state index contributed by atoms with van der Waals surface area (Å²) >= 11 is 0. The number of rotatable bonds is 9. The van der Waals surface area contributed by atoms with Crippen LogP contribution in [0.5, 0.6) is 5.75 Å². The van der Waals surface area contributed by atoms with Crippen molar-refractivity contribution in [2.45, 2.75) is 31.7 Å². The maximum absolute atomic E-state index is 10.6. The third-order valence-electron chi connectivity index (χ3n) is 5.24. The minimum atomic E-state index is -5.08. The molecule has 0 saturated carbocycles. The van der Waals surface area contributed by atoms with E-state index < -0.39 is 12.1 Å². The first-order chi connectivity index (χ1) is 16.8. The number of carboxylic acids is 1. The zero-order valence-electron chi connectivity index (χ0n) is 19.0. The van der Waals surface area contributed by atoms with E-state index in [1.165, 1.54) is 12.0 Å². The van der Waals surface area contributed by atoms with Crippen molar-refractivity contribution >= 4 is 5.97 Å². The molecule has 0 aliphatic carbocycles. The molecular weight excluding hydrogens is 461 g/mol. The molecule has 2 heterocycles. The molecule has 0 bridgehead atoms. The van der Waals surface area contributed by atoms with Gasteiger partial charge in [0.25, 0.3) is 0 Å². The van der Waals surface area contributed by atoms with Gasteiger partial charge in [0, 0.05) is 17.8 Å². The SMILES string of the molecule is O=C(O)C(F)(F)F.c1ccc(CCOCc2cccc(-c3cncc(OC[C@@H]4CCN4)c3)c2)cc1. The summed E-state index contributed by atoms with van der Waals surface area (Å²) in [4.78, 5) is 13.2. The van der Waals surface area contributed by atoms with Crippen LogP contribution in [0.1, 0.15) is 17.5 Å². The Morgan fingerprint density at radius 3 is 2.40 bits per heavy atom. The Bertz CT molecular complexity index is 1070. The largest absolute Gasteiger partial charge is 0.490 e. The van der Waals surface area contributed by atoms with Gasteiger partial charge < -0.3 is 19.9 Å². The summed E-state index contributed by atoms with van der Waals surface area (Å²) in [5, 5.41) is 10.5. The molecule has 1 aliphatic heterocycles. The lowest BCUT2D eigenvalue weighted by Gasteiger charge is -2.27. The number of benzene rings is 2. The van der Waals surface area contributed by atoms with E-state index in [1.54, 1.807) is 6.20 Å². The predicted molar refractivity (Wildman–Crippen MR) is 125 cm³/mol. The highest BCUT2D eigenvalue weighted by molar-refractivity contribution is 5.73.